The first-order valence-electron chi connectivity index (χ1n) is 4.86. The van der Waals surface area contributed by atoms with Crippen LogP contribution in [-0.2, 0) is 6.42 Å². The van der Waals surface area contributed by atoms with Gasteiger partial charge in [-0.1, -0.05) is 11.6 Å². The molecule has 0 bridgehead atoms. The van der Waals surface area contributed by atoms with Crippen LogP contribution in [0.2, 0.25) is 5.02 Å². The highest BCUT2D eigenvalue weighted by Crippen LogP contribution is 2.24. The third-order valence-electron chi connectivity index (χ3n) is 2.14. The van der Waals surface area contributed by atoms with Crippen LogP contribution in [-0.4, -0.2) is 15.1 Å². The molecule has 0 fully saturated rings. The van der Waals surface area contributed by atoms with Gasteiger partial charge in [-0.05, 0) is 19.1 Å². The Morgan fingerprint density at radius 2 is 2.38 bits per heavy atom. The van der Waals surface area contributed by atoms with Crippen molar-refractivity contribution in [2.24, 2.45) is 0 Å². The van der Waals surface area contributed by atoms with E-state index in [1.807, 2.05) is 12.3 Å². The summed E-state index contributed by atoms with van der Waals surface area (Å²) in [5.74, 6) is 0. The molecular weight excluding hydrogens is 244 g/mol. The van der Waals surface area contributed by atoms with E-state index in [1.165, 1.54) is 11.3 Å². The van der Waals surface area contributed by atoms with Crippen LogP contribution < -0.4 is 0 Å². The summed E-state index contributed by atoms with van der Waals surface area (Å²) in [6.07, 6.45) is 1.38. The van der Waals surface area contributed by atoms with Gasteiger partial charge in [0.1, 0.15) is 6.10 Å². The number of rotatable bonds is 3. The minimum Gasteiger partial charge on any atom is -0.386 e. The Hall–Kier alpha value is -0.970. The topological polar surface area (TPSA) is 46.0 Å². The summed E-state index contributed by atoms with van der Waals surface area (Å²) in [4.78, 5) is 8.37. The molecule has 0 aliphatic rings. The lowest BCUT2D eigenvalue weighted by atomic mass is 10.2. The van der Waals surface area contributed by atoms with Crippen molar-refractivity contribution >= 4 is 22.9 Å². The van der Waals surface area contributed by atoms with E-state index in [2.05, 4.69) is 9.97 Å². The summed E-state index contributed by atoms with van der Waals surface area (Å²) in [5, 5.41) is 13.3. The van der Waals surface area contributed by atoms with E-state index in [1.54, 1.807) is 18.3 Å². The van der Waals surface area contributed by atoms with Crippen LogP contribution in [0.3, 0.4) is 0 Å². The number of pyridine rings is 1. The molecule has 16 heavy (non-hydrogen) atoms. The number of thiazole rings is 1. The summed E-state index contributed by atoms with van der Waals surface area (Å²) in [6.45, 7) is 1.93. The van der Waals surface area contributed by atoms with E-state index in [0.29, 0.717) is 17.1 Å². The van der Waals surface area contributed by atoms with Crippen LogP contribution in [0.1, 0.15) is 22.5 Å². The molecule has 2 heterocycles. The van der Waals surface area contributed by atoms with Gasteiger partial charge in [-0.2, -0.15) is 0 Å². The predicted octanol–water partition coefficient (Wildman–Crippen LogP) is 2.78. The zero-order chi connectivity index (χ0) is 11.5. The van der Waals surface area contributed by atoms with Gasteiger partial charge in [-0.3, -0.25) is 4.98 Å². The molecule has 0 aliphatic carbocycles. The molecule has 2 aromatic heterocycles. The normalized spacial score (nSPS) is 12.7. The Labute approximate surface area is 103 Å². The van der Waals surface area contributed by atoms with Crippen molar-refractivity contribution in [1.29, 1.82) is 0 Å². The lowest BCUT2D eigenvalue weighted by molar-refractivity contribution is 0.173. The van der Waals surface area contributed by atoms with Crippen molar-refractivity contribution in [3.05, 3.63) is 45.1 Å². The van der Waals surface area contributed by atoms with Crippen LogP contribution in [0.15, 0.2) is 23.7 Å². The fourth-order valence-electron chi connectivity index (χ4n) is 1.40. The van der Waals surface area contributed by atoms with E-state index >= 15 is 0 Å². The van der Waals surface area contributed by atoms with Crippen molar-refractivity contribution in [2.45, 2.75) is 19.4 Å². The van der Waals surface area contributed by atoms with Gasteiger partial charge in [0.15, 0.2) is 0 Å². The molecule has 1 unspecified atom stereocenters. The van der Waals surface area contributed by atoms with Gasteiger partial charge >= 0.3 is 0 Å². The smallest absolute Gasteiger partial charge is 0.104 e. The number of hydrogen-bond donors (Lipinski definition) is 1. The fourth-order valence-corrected chi connectivity index (χ4v) is 2.46. The molecular formula is C11H11ClN2OS. The van der Waals surface area contributed by atoms with E-state index in [-0.39, 0.29) is 0 Å². The average Bonchev–Trinajstić information content (AvgIpc) is 2.64. The second-order valence-corrected chi connectivity index (χ2v) is 4.82. The molecule has 3 nitrogen and oxygen atoms in total. The monoisotopic (exact) mass is 254 g/mol. The zero-order valence-electron chi connectivity index (χ0n) is 8.72. The second-order valence-electron chi connectivity index (χ2n) is 3.47. The first kappa shape index (κ1) is 11.5. The Kier molecular flexibility index (Phi) is 3.53. The Balaban J connectivity index is 2.14. The molecule has 2 rings (SSSR count). The van der Waals surface area contributed by atoms with Crippen molar-refractivity contribution < 1.29 is 5.11 Å². The van der Waals surface area contributed by atoms with E-state index < -0.39 is 6.10 Å². The first-order chi connectivity index (χ1) is 7.66. The van der Waals surface area contributed by atoms with Crippen LogP contribution in [0.5, 0.6) is 0 Å². The number of halogens is 1. The Bertz CT molecular complexity index is 486. The van der Waals surface area contributed by atoms with Gasteiger partial charge in [0.25, 0.3) is 0 Å². The third-order valence-corrected chi connectivity index (χ3v) is 3.45. The molecule has 0 spiro atoms. The van der Waals surface area contributed by atoms with E-state index in [4.69, 9.17) is 11.6 Å². The molecule has 1 N–H and O–H groups in total. The standard InChI is InChI=1S/C11H11ClN2OS/c1-7-6-16-10(14-7)5-9(15)11-8(12)3-2-4-13-11/h2-4,6,9,15H,5H2,1H3. The minimum atomic E-state index is -0.695. The molecule has 0 radical (unpaired) electrons. The molecule has 0 amide bonds. The number of hydrogen-bond acceptors (Lipinski definition) is 4. The lowest BCUT2D eigenvalue weighted by Crippen LogP contribution is -2.04. The third kappa shape index (κ3) is 2.58. The van der Waals surface area contributed by atoms with E-state index in [9.17, 15) is 5.11 Å². The SMILES string of the molecule is Cc1csc(CC(O)c2ncccc2Cl)n1. The van der Waals surface area contributed by atoms with Crippen molar-refractivity contribution in [2.75, 3.05) is 0 Å². The van der Waals surface area contributed by atoms with Gasteiger partial charge < -0.3 is 5.11 Å². The molecule has 84 valence electrons. The highest BCUT2D eigenvalue weighted by Gasteiger charge is 2.14. The van der Waals surface area contributed by atoms with E-state index in [0.717, 1.165) is 10.7 Å². The van der Waals surface area contributed by atoms with Crippen LogP contribution in [0.4, 0.5) is 0 Å². The molecule has 1 atom stereocenters. The summed E-state index contributed by atoms with van der Waals surface area (Å²) in [5.41, 5.74) is 1.48. The Morgan fingerprint density at radius 1 is 1.56 bits per heavy atom. The maximum absolute atomic E-state index is 9.98. The maximum Gasteiger partial charge on any atom is 0.104 e. The number of aromatic nitrogens is 2. The summed E-state index contributed by atoms with van der Waals surface area (Å²) < 4.78 is 0. The largest absolute Gasteiger partial charge is 0.386 e. The summed E-state index contributed by atoms with van der Waals surface area (Å²) >= 11 is 7.49. The average molecular weight is 255 g/mol. The van der Waals surface area contributed by atoms with Gasteiger partial charge in [0.05, 0.1) is 15.7 Å². The molecule has 5 heteroatoms. The number of aliphatic hydroxyl groups excluding tert-OH is 1. The first-order valence-corrected chi connectivity index (χ1v) is 6.12. The molecule has 0 aliphatic heterocycles. The number of aryl methyl sites for hydroxylation is 1. The van der Waals surface area contributed by atoms with Crippen molar-refractivity contribution in [3.8, 4) is 0 Å². The quantitative estimate of drug-likeness (QED) is 0.916. The Morgan fingerprint density at radius 3 is 3.00 bits per heavy atom. The van der Waals surface area contributed by atoms with Crippen molar-refractivity contribution in [3.63, 3.8) is 0 Å². The van der Waals surface area contributed by atoms with Gasteiger partial charge in [-0.25, -0.2) is 4.98 Å². The maximum atomic E-state index is 9.98. The van der Waals surface area contributed by atoms with Crippen LogP contribution in [0.25, 0.3) is 0 Å². The zero-order valence-corrected chi connectivity index (χ0v) is 10.3. The van der Waals surface area contributed by atoms with Gasteiger partial charge in [0, 0.05) is 23.7 Å². The van der Waals surface area contributed by atoms with Crippen molar-refractivity contribution in [1.82, 2.24) is 9.97 Å². The second kappa shape index (κ2) is 4.91. The lowest BCUT2D eigenvalue weighted by Gasteiger charge is -2.09. The number of nitrogens with zero attached hydrogens (tertiary/aromatic N) is 2. The minimum absolute atomic E-state index is 0.454. The highest BCUT2D eigenvalue weighted by atomic mass is 35.5. The van der Waals surface area contributed by atoms with Gasteiger partial charge in [0.2, 0.25) is 0 Å². The molecule has 2 aromatic rings. The predicted molar refractivity (Wildman–Crippen MR) is 64.8 cm³/mol. The molecule has 0 saturated heterocycles. The summed E-state index contributed by atoms with van der Waals surface area (Å²) in [7, 11) is 0. The van der Waals surface area contributed by atoms with Gasteiger partial charge in [-0.15, -0.1) is 11.3 Å². The van der Waals surface area contributed by atoms with Crippen LogP contribution in [0, 0.1) is 6.92 Å². The highest BCUT2D eigenvalue weighted by molar-refractivity contribution is 7.09. The number of aliphatic hydroxyl groups is 1. The molecule has 0 saturated carbocycles. The fraction of sp³-hybridized carbons (Fsp3) is 0.273. The molecule has 0 aromatic carbocycles. The van der Waals surface area contributed by atoms with Crippen LogP contribution >= 0.6 is 22.9 Å². The summed E-state index contributed by atoms with van der Waals surface area (Å²) in [6, 6.07) is 3.46.